The molecule has 0 aromatic rings. The van der Waals surface area contributed by atoms with Crippen molar-refractivity contribution >= 4 is 47.4 Å². The van der Waals surface area contributed by atoms with Gasteiger partial charge in [0.25, 0.3) is 5.91 Å². The van der Waals surface area contributed by atoms with Crippen LogP contribution in [0, 0.1) is 0 Å². The fraction of sp³-hybridized carbons (Fsp3) is 0.600. The van der Waals surface area contributed by atoms with Crippen LogP contribution in [0.25, 0.3) is 0 Å². The lowest BCUT2D eigenvalue weighted by Crippen LogP contribution is -2.63. The fourth-order valence-corrected chi connectivity index (χ4v) is 4.28. The number of primary amides is 1. The van der Waals surface area contributed by atoms with E-state index in [1.807, 2.05) is 0 Å². The number of hydrogen-bond acceptors (Lipinski definition) is 13. The van der Waals surface area contributed by atoms with Crippen molar-refractivity contribution in [2.24, 2.45) is 33.7 Å². The predicted molar refractivity (Wildman–Crippen MR) is 163 cm³/mol. The van der Waals surface area contributed by atoms with Crippen molar-refractivity contribution in [1.29, 1.82) is 0 Å². The number of nitrogens with one attached hydrogen (secondary N) is 8. The zero-order valence-electron chi connectivity index (χ0n) is 25.4. The first-order valence-corrected chi connectivity index (χ1v) is 14.5. The van der Waals surface area contributed by atoms with Gasteiger partial charge in [-0.05, 0) is 32.7 Å². The summed E-state index contributed by atoms with van der Waals surface area (Å²) < 4.78 is 0. The summed E-state index contributed by atoms with van der Waals surface area (Å²) >= 11 is 0. The van der Waals surface area contributed by atoms with E-state index >= 15 is 0 Å². The van der Waals surface area contributed by atoms with E-state index < -0.39 is 90.0 Å². The molecule has 21 heteroatoms. The van der Waals surface area contributed by atoms with E-state index in [9.17, 15) is 33.6 Å². The van der Waals surface area contributed by atoms with Crippen LogP contribution in [0.2, 0.25) is 0 Å². The molecule has 0 aromatic carbocycles. The molecule has 21 nitrogen and oxygen atoms in total. The summed E-state index contributed by atoms with van der Waals surface area (Å²) in [6.07, 6.45) is 2.01. The Morgan fingerprint density at radius 3 is 2.41 bits per heavy atom. The maximum absolute atomic E-state index is 13.4. The van der Waals surface area contributed by atoms with E-state index in [0.29, 0.717) is 19.4 Å². The van der Waals surface area contributed by atoms with Crippen molar-refractivity contribution in [3.05, 3.63) is 11.9 Å². The number of guanidine groups is 1. The minimum absolute atomic E-state index is 0.0101. The van der Waals surface area contributed by atoms with Gasteiger partial charge in [-0.15, -0.1) is 0 Å². The number of amides is 8. The highest BCUT2D eigenvalue weighted by molar-refractivity contribution is 6.02. The molecule has 256 valence electrons. The molecule has 0 bridgehead atoms. The molecule has 0 radical (unpaired) electrons. The van der Waals surface area contributed by atoms with E-state index in [2.05, 4.69) is 47.5 Å². The molecule has 2 heterocycles. The van der Waals surface area contributed by atoms with Crippen molar-refractivity contribution in [2.45, 2.75) is 68.9 Å². The molecule has 18 N–H and O–H groups in total. The van der Waals surface area contributed by atoms with Crippen molar-refractivity contribution in [3.8, 4) is 0 Å². The van der Waals surface area contributed by atoms with Gasteiger partial charge in [-0.25, -0.2) is 4.79 Å². The van der Waals surface area contributed by atoms with Crippen molar-refractivity contribution in [2.75, 3.05) is 26.2 Å². The second kappa shape index (κ2) is 18.1. The Kier molecular flexibility index (Phi) is 14.6. The molecular weight excluding hydrogens is 608 g/mol. The zero-order valence-corrected chi connectivity index (χ0v) is 25.4. The summed E-state index contributed by atoms with van der Waals surface area (Å²) in [5, 5.41) is 19.4. The first kappa shape index (κ1) is 37.2. The Balaban J connectivity index is 2.42. The van der Waals surface area contributed by atoms with Crippen LogP contribution in [0.4, 0.5) is 4.79 Å². The average Bonchev–Trinajstić information content (AvgIpc) is 3.00. The molecule has 0 spiro atoms. The molecule has 8 amide bonds. The Morgan fingerprint density at radius 1 is 1.04 bits per heavy atom. The van der Waals surface area contributed by atoms with Crippen LogP contribution in [0.5, 0.6) is 0 Å². The SMILES string of the molecule is C[C@@H]1NC(=O)[C@@H](N)CNC(=O)[C@H]([C@@H]2CCN=C(N)N2)NC(=O)/C(=C\NC(N)=O)NC(=O)[C@H](CNC(=O)C[C@H](N)CCCN)NC1=O. The van der Waals surface area contributed by atoms with Crippen LogP contribution in [0.15, 0.2) is 16.9 Å². The van der Waals surface area contributed by atoms with Crippen molar-refractivity contribution in [3.63, 3.8) is 0 Å². The van der Waals surface area contributed by atoms with Crippen LogP contribution in [0.1, 0.15) is 32.6 Å². The highest BCUT2D eigenvalue weighted by Crippen LogP contribution is 2.07. The maximum atomic E-state index is 13.4. The van der Waals surface area contributed by atoms with Crippen LogP contribution < -0.4 is 71.2 Å². The van der Waals surface area contributed by atoms with Gasteiger partial charge in [-0.1, -0.05) is 0 Å². The molecule has 2 rings (SSSR count). The molecule has 1 fully saturated rings. The number of urea groups is 1. The smallest absolute Gasteiger partial charge is 0.316 e. The monoisotopic (exact) mass is 652 g/mol. The molecule has 0 saturated carbocycles. The van der Waals surface area contributed by atoms with Gasteiger partial charge in [0.05, 0.1) is 6.04 Å². The van der Waals surface area contributed by atoms with E-state index in [-0.39, 0.29) is 31.9 Å². The lowest BCUT2D eigenvalue weighted by molar-refractivity contribution is -0.133. The number of nitrogens with two attached hydrogens (primary N) is 5. The van der Waals surface area contributed by atoms with Gasteiger partial charge in [0.15, 0.2) is 5.96 Å². The molecule has 46 heavy (non-hydrogen) atoms. The predicted octanol–water partition coefficient (Wildman–Crippen LogP) is -7.21. The number of hydrogen-bond donors (Lipinski definition) is 13. The topological polar surface area (TPSA) is 358 Å². The van der Waals surface area contributed by atoms with Gasteiger partial charge >= 0.3 is 6.03 Å². The second-order valence-electron chi connectivity index (χ2n) is 10.7. The quantitative estimate of drug-likeness (QED) is 0.103. The Bertz CT molecular complexity index is 1230. The van der Waals surface area contributed by atoms with E-state index in [0.717, 1.165) is 6.20 Å². The normalized spacial score (nSPS) is 26.6. The number of nitrogens with zero attached hydrogens (tertiary/aromatic N) is 1. The third-order valence-electron chi connectivity index (χ3n) is 6.84. The largest absolute Gasteiger partial charge is 0.370 e. The number of carbonyl (C=O) groups is 7. The molecule has 0 aromatic heterocycles. The molecule has 0 aliphatic carbocycles. The number of carbonyl (C=O) groups excluding carboxylic acids is 7. The number of rotatable bonds is 9. The fourth-order valence-electron chi connectivity index (χ4n) is 4.28. The van der Waals surface area contributed by atoms with Gasteiger partial charge < -0.3 is 71.2 Å². The van der Waals surface area contributed by atoms with E-state index in [1.54, 1.807) is 0 Å². The van der Waals surface area contributed by atoms with E-state index in [1.165, 1.54) is 6.92 Å². The van der Waals surface area contributed by atoms with Gasteiger partial charge in [0, 0.05) is 38.3 Å². The molecule has 2 aliphatic rings. The third kappa shape index (κ3) is 12.2. The zero-order chi connectivity index (χ0) is 34.4. The Morgan fingerprint density at radius 2 is 1.76 bits per heavy atom. The Hall–Kier alpha value is -5.02. The highest BCUT2D eigenvalue weighted by atomic mass is 16.2. The van der Waals surface area contributed by atoms with Crippen LogP contribution in [-0.4, -0.2) is 110 Å². The molecule has 1 saturated heterocycles. The second-order valence-corrected chi connectivity index (χ2v) is 10.7. The van der Waals surface area contributed by atoms with Crippen LogP contribution >= 0.6 is 0 Å². The summed E-state index contributed by atoms with van der Waals surface area (Å²) in [6, 6.07) is -7.79. The van der Waals surface area contributed by atoms with Gasteiger partial charge in [-0.3, -0.25) is 33.8 Å². The summed E-state index contributed by atoms with van der Waals surface area (Å²) in [4.78, 5) is 93.7. The number of aliphatic imine (C=N–C) groups is 1. The summed E-state index contributed by atoms with van der Waals surface area (Å²) in [6.45, 7) is 1.08. The summed E-state index contributed by atoms with van der Waals surface area (Å²) in [7, 11) is 0. The van der Waals surface area contributed by atoms with Crippen molar-refractivity contribution < 1.29 is 33.6 Å². The van der Waals surface area contributed by atoms with Crippen LogP contribution in [0.3, 0.4) is 0 Å². The van der Waals surface area contributed by atoms with Gasteiger partial charge in [-0.2, -0.15) is 0 Å². The molecule has 2 aliphatic heterocycles. The van der Waals surface area contributed by atoms with Crippen molar-refractivity contribution in [1.82, 2.24) is 42.5 Å². The minimum atomic E-state index is -1.52. The summed E-state index contributed by atoms with van der Waals surface area (Å²) in [5.74, 6) is -5.04. The first-order valence-electron chi connectivity index (χ1n) is 14.5. The summed E-state index contributed by atoms with van der Waals surface area (Å²) in [5.41, 5.74) is 27.7. The molecule has 6 atom stereocenters. The highest BCUT2D eigenvalue weighted by Gasteiger charge is 2.34. The molecular formula is C25H44N14O7. The van der Waals surface area contributed by atoms with E-state index in [4.69, 9.17) is 28.7 Å². The van der Waals surface area contributed by atoms with Gasteiger partial charge in [0.2, 0.25) is 29.5 Å². The average molecular weight is 653 g/mol. The maximum Gasteiger partial charge on any atom is 0.316 e. The van der Waals surface area contributed by atoms with Gasteiger partial charge in [0.1, 0.15) is 29.9 Å². The lowest BCUT2D eigenvalue weighted by Gasteiger charge is -2.31. The Labute approximate surface area is 264 Å². The lowest BCUT2D eigenvalue weighted by atomic mass is 10.0. The first-order chi connectivity index (χ1) is 21.7. The third-order valence-corrected chi connectivity index (χ3v) is 6.84. The molecule has 0 unspecified atom stereocenters. The minimum Gasteiger partial charge on any atom is -0.370 e. The standard InChI is InChI=1S/C25H44N14O7/c1-11-19(41)36-15(9-32-17(40)7-12(27)3-2-5-26)21(43)37-16(10-34-25(30)46)22(44)39-18(14-4-6-31-24(29)38-14)23(45)33-8-13(28)20(42)35-11/h10-15,18H,2-9,26-28H2,1H3,(H,32,40)(H,33,45)(H,35,42)(H,36,41)(H,37,43)(H,39,44)(H3,29,31,38)(H3,30,34,46)/b16-10+/t11-,12+,13-,14-,15-,18-/m0/s1. The van der Waals surface area contributed by atoms with Crippen LogP contribution in [-0.2, 0) is 28.8 Å².